The summed E-state index contributed by atoms with van der Waals surface area (Å²) < 4.78 is 38.3. The number of halogens is 3. The van der Waals surface area contributed by atoms with Crippen LogP contribution in [0, 0.1) is 0 Å². The first kappa shape index (κ1) is 20.2. The number of carbonyl (C=O) groups is 1. The van der Waals surface area contributed by atoms with E-state index < -0.39 is 11.7 Å². The van der Waals surface area contributed by atoms with Crippen LogP contribution in [-0.4, -0.2) is 35.0 Å². The topological polar surface area (TPSA) is 58.1 Å². The van der Waals surface area contributed by atoms with Gasteiger partial charge in [0.05, 0.1) is 22.2 Å². The van der Waals surface area contributed by atoms with Crippen molar-refractivity contribution in [2.75, 3.05) is 18.0 Å². The van der Waals surface area contributed by atoms with E-state index in [0.717, 1.165) is 34.1 Å². The molecule has 0 saturated carbocycles. The van der Waals surface area contributed by atoms with E-state index >= 15 is 0 Å². The van der Waals surface area contributed by atoms with Crippen molar-refractivity contribution in [3.05, 3.63) is 78.0 Å². The minimum absolute atomic E-state index is 0.141. The summed E-state index contributed by atoms with van der Waals surface area (Å²) in [7, 11) is 0. The second kappa shape index (κ2) is 7.78. The summed E-state index contributed by atoms with van der Waals surface area (Å²) in [6, 6.07) is 17.3. The van der Waals surface area contributed by atoms with Crippen LogP contribution in [0.4, 0.5) is 19.0 Å². The molecule has 1 aliphatic heterocycles. The fourth-order valence-electron chi connectivity index (χ4n) is 4.17. The maximum absolute atomic E-state index is 13.3. The molecule has 3 heterocycles. The molecule has 1 saturated heterocycles. The van der Waals surface area contributed by atoms with Crippen molar-refractivity contribution >= 4 is 33.5 Å². The Hall–Kier alpha value is -3.68. The Morgan fingerprint density at radius 1 is 0.969 bits per heavy atom. The standard InChI is InChI=1S/C24H19F3N4O/c25-24(26,27)15-9-10-21(28-13-15)31-12-11-16(14-31)29-23(32)22-17-5-1-3-7-19(17)30-20-8-4-2-6-18(20)22/h1-10,13,16H,11-12,14H2,(H,29,32). The summed E-state index contributed by atoms with van der Waals surface area (Å²) in [6.45, 7) is 1.08. The molecular weight excluding hydrogens is 417 g/mol. The number of fused-ring (bicyclic) bond motifs is 2. The number of para-hydroxylation sites is 2. The van der Waals surface area contributed by atoms with Crippen LogP contribution in [0.25, 0.3) is 21.8 Å². The summed E-state index contributed by atoms with van der Waals surface area (Å²) in [5.74, 6) is 0.279. The molecule has 5 nitrogen and oxygen atoms in total. The van der Waals surface area contributed by atoms with Crippen molar-refractivity contribution < 1.29 is 18.0 Å². The first-order chi connectivity index (χ1) is 15.4. The molecule has 1 atom stereocenters. The van der Waals surface area contributed by atoms with Crippen LogP contribution in [0.2, 0.25) is 0 Å². The van der Waals surface area contributed by atoms with Crippen molar-refractivity contribution in [3.63, 3.8) is 0 Å². The molecule has 0 spiro atoms. The van der Waals surface area contributed by atoms with Crippen LogP contribution in [-0.2, 0) is 6.18 Å². The Balaban J connectivity index is 1.38. The van der Waals surface area contributed by atoms with E-state index in [9.17, 15) is 18.0 Å². The molecule has 162 valence electrons. The number of alkyl halides is 3. The van der Waals surface area contributed by atoms with Gasteiger partial charge in [-0.05, 0) is 30.7 Å². The van der Waals surface area contributed by atoms with Gasteiger partial charge in [0.1, 0.15) is 5.82 Å². The number of benzene rings is 2. The smallest absolute Gasteiger partial charge is 0.354 e. The second-order valence-electron chi connectivity index (χ2n) is 7.83. The molecule has 2 aromatic heterocycles. The van der Waals surface area contributed by atoms with Crippen molar-refractivity contribution in [1.29, 1.82) is 0 Å². The van der Waals surface area contributed by atoms with Crippen molar-refractivity contribution in [1.82, 2.24) is 15.3 Å². The lowest BCUT2D eigenvalue weighted by molar-refractivity contribution is -0.137. The second-order valence-corrected chi connectivity index (χ2v) is 7.83. The lowest BCUT2D eigenvalue weighted by atomic mass is 10.0. The number of aromatic nitrogens is 2. The van der Waals surface area contributed by atoms with Gasteiger partial charge >= 0.3 is 6.18 Å². The summed E-state index contributed by atoms with van der Waals surface area (Å²) >= 11 is 0. The highest BCUT2D eigenvalue weighted by molar-refractivity contribution is 6.16. The number of nitrogens with zero attached hydrogens (tertiary/aromatic N) is 3. The number of rotatable bonds is 3. The number of amides is 1. The van der Waals surface area contributed by atoms with Crippen LogP contribution in [0.1, 0.15) is 22.3 Å². The maximum atomic E-state index is 13.3. The Labute approximate surface area is 181 Å². The van der Waals surface area contributed by atoms with E-state index in [0.29, 0.717) is 30.9 Å². The quantitative estimate of drug-likeness (QED) is 0.469. The summed E-state index contributed by atoms with van der Waals surface area (Å²) in [4.78, 5) is 23.8. The Bertz CT molecular complexity index is 1250. The molecule has 1 aliphatic rings. The third-order valence-corrected chi connectivity index (χ3v) is 5.74. The lowest BCUT2D eigenvalue weighted by Crippen LogP contribution is -2.37. The predicted octanol–water partition coefficient (Wildman–Crippen LogP) is 4.81. The Morgan fingerprint density at radius 2 is 1.62 bits per heavy atom. The van der Waals surface area contributed by atoms with Crippen LogP contribution in [0.5, 0.6) is 0 Å². The molecule has 0 bridgehead atoms. The van der Waals surface area contributed by atoms with Gasteiger partial charge in [0.2, 0.25) is 0 Å². The fourth-order valence-corrected chi connectivity index (χ4v) is 4.17. The summed E-state index contributed by atoms with van der Waals surface area (Å²) in [5, 5.41) is 4.66. The number of hydrogen-bond donors (Lipinski definition) is 1. The van der Waals surface area contributed by atoms with Crippen molar-refractivity contribution in [2.45, 2.75) is 18.6 Å². The molecule has 8 heteroatoms. The van der Waals surface area contributed by atoms with Gasteiger partial charge in [-0.15, -0.1) is 0 Å². The molecular formula is C24H19F3N4O. The SMILES string of the molecule is O=C(NC1CCN(c2ccc(C(F)(F)F)cn2)C1)c1c2ccccc2nc2ccccc12. The normalized spacial score (nSPS) is 16.6. The zero-order valence-corrected chi connectivity index (χ0v) is 16.9. The highest BCUT2D eigenvalue weighted by Crippen LogP contribution is 2.30. The largest absolute Gasteiger partial charge is 0.417 e. The van der Waals surface area contributed by atoms with Crippen LogP contribution in [0.15, 0.2) is 66.9 Å². The molecule has 0 aliphatic carbocycles. The average Bonchev–Trinajstić information content (AvgIpc) is 3.25. The number of pyridine rings is 2. The monoisotopic (exact) mass is 436 g/mol. The number of nitrogens with one attached hydrogen (secondary N) is 1. The van der Waals surface area contributed by atoms with Gasteiger partial charge in [0.15, 0.2) is 0 Å². The molecule has 5 rings (SSSR count). The molecule has 1 fully saturated rings. The number of carbonyl (C=O) groups excluding carboxylic acids is 1. The molecule has 1 N–H and O–H groups in total. The van der Waals surface area contributed by atoms with Crippen LogP contribution in [0.3, 0.4) is 0 Å². The third-order valence-electron chi connectivity index (χ3n) is 5.74. The summed E-state index contributed by atoms with van der Waals surface area (Å²) in [5.41, 5.74) is 1.30. The van der Waals surface area contributed by atoms with Gasteiger partial charge in [0, 0.05) is 36.1 Å². The highest BCUT2D eigenvalue weighted by Gasteiger charge is 2.32. The average molecular weight is 436 g/mol. The van der Waals surface area contributed by atoms with Crippen molar-refractivity contribution in [2.24, 2.45) is 0 Å². The lowest BCUT2D eigenvalue weighted by Gasteiger charge is -2.19. The van der Waals surface area contributed by atoms with E-state index in [-0.39, 0.29) is 11.9 Å². The fraction of sp³-hybridized carbons (Fsp3) is 0.208. The zero-order valence-electron chi connectivity index (χ0n) is 16.9. The van der Waals surface area contributed by atoms with Gasteiger partial charge in [0.25, 0.3) is 5.91 Å². The number of hydrogen-bond acceptors (Lipinski definition) is 4. The van der Waals surface area contributed by atoms with Gasteiger partial charge in [-0.2, -0.15) is 13.2 Å². The Morgan fingerprint density at radius 3 is 2.22 bits per heavy atom. The highest BCUT2D eigenvalue weighted by atomic mass is 19.4. The first-order valence-electron chi connectivity index (χ1n) is 10.3. The Kier molecular flexibility index (Phi) is 4.92. The first-order valence-corrected chi connectivity index (χ1v) is 10.3. The van der Waals surface area contributed by atoms with Crippen LogP contribution < -0.4 is 10.2 Å². The minimum atomic E-state index is -4.41. The van der Waals surface area contributed by atoms with E-state index in [1.54, 1.807) is 0 Å². The molecule has 2 aromatic carbocycles. The molecule has 1 unspecified atom stereocenters. The third kappa shape index (κ3) is 3.72. The van der Waals surface area contributed by atoms with Gasteiger partial charge in [-0.25, -0.2) is 9.97 Å². The molecule has 0 radical (unpaired) electrons. The van der Waals surface area contributed by atoms with E-state index in [1.807, 2.05) is 53.4 Å². The van der Waals surface area contributed by atoms with Crippen LogP contribution >= 0.6 is 0 Å². The zero-order chi connectivity index (χ0) is 22.3. The van der Waals surface area contributed by atoms with E-state index in [4.69, 9.17) is 0 Å². The maximum Gasteiger partial charge on any atom is 0.417 e. The molecule has 4 aromatic rings. The van der Waals surface area contributed by atoms with E-state index in [1.165, 1.54) is 6.07 Å². The predicted molar refractivity (Wildman–Crippen MR) is 117 cm³/mol. The van der Waals surface area contributed by atoms with Crippen molar-refractivity contribution in [3.8, 4) is 0 Å². The van der Waals surface area contributed by atoms with Gasteiger partial charge in [-0.3, -0.25) is 4.79 Å². The molecule has 1 amide bonds. The minimum Gasteiger partial charge on any atom is -0.354 e. The van der Waals surface area contributed by atoms with Gasteiger partial charge < -0.3 is 10.2 Å². The number of anilines is 1. The van der Waals surface area contributed by atoms with Gasteiger partial charge in [-0.1, -0.05) is 36.4 Å². The van der Waals surface area contributed by atoms with E-state index in [2.05, 4.69) is 15.3 Å². The molecule has 32 heavy (non-hydrogen) atoms. The summed E-state index contributed by atoms with van der Waals surface area (Å²) in [6.07, 6.45) is -2.89.